The van der Waals surface area contributed by atoms with Crippen LogP contribution in [0, 0.1) is 0 Å². The highest BCUT2D eigenvalue weighted by molar-refractivity contribution is 8.09. The van der Waals surface area contributed by atoms with Crippen molar-refractivity contribution in [2.45, 2.75) is 0 Å². The summed E-state index contributed by atoms with van der Waals surface area (Å²) in [5.41, 5.74) is 0. The predicted molar refractivity (Wildman–Crippen MR) is 53.3 cm³/mol. The van der Waals surface area contributed by atoms with Crippen molar-refractivity contribution in [3.8, 4) is 0 Å². The number of hydrogen-bond donors (Lipinski definition) is 0. The lowest BCUT2D eigenvalue weighted by molar-refractivity contribution is 1.13. The maximum atomic E-state index is 4.42. The summed E-state index contributed by atoms with van der Waals surface area (Å²) >= 11 is 1.71. The van der Waals surface area contributed by atoms with Gasteiger partial charge in [-0.1, -0.05) is 24.3 Å². The Morgan fingerprint density at radius 3 is 3.17 bits per heavy atom. The Bertz CT molecular complexity index is 367. The van der Waals surface area contributed by atoms with Crippen LogP contribution in [0.3, 0.4) is 0 Å². The Kier molecular flexibility index (Phi) is 2.28. The summed E-state index contributed by atoms with van der Waals surface area (Å²) in [6.07, 6.45) is 2.07. The molecular weight excluding hydrogens is 166 g/mol. The van der Waals surface area contributed by atoms with Crippen molar-refractivity contribution in [3.05, 3.63) is 46.3 Å². The van der Waals surface area contributed by atoms with Crippen LogP contribution >= 0.6 is 11.8 Å². The van der Waals surface area contributed by atoms with Crippen molar-refractivity contribution in [1.82, 2.24) is 0 Å². The Labute approximate surface area is 75.5 Å². The number of benzene rings is 1. The summed E-state index contributed by atoms with van der Waals surface area (Å²) in [5, 5.41) is 6.50. The molecule has 2 heteroatoms. The van der Waals surface area contributed by atoms with Crippen LogP contribution < -0.4 is 10.6 Å². The topological polar surface area (TPSA) is 12.4 Å². The first-order valence-electron chi connectivity index (χ1n) is 3.87. The average Bonchev–Trinajstić information content (AvgIpc) is 2.06. The first-order valence-corrected chi connectivity index (χ1v) is 4.81. The molecule has 12 heavy (non-hydrogen) atoms. The molecule has 0 spiro atoms. The largest absolute Gasteiger partial charge is 0.281 e. The first kappa shape index (κ1) is 7.62. The maximum Gasteiger partial charge on any atom is 0.0655 e. The molecule has 1 heterocycles. The van der Waals surface area contributed by atoms with Gasteiger partial charge < -0.3 is 0 Å². The predicted octanol–water partition coefficient (Wildman–Crippen LogP) is 1.30. The molecule has 0 saturated carbocycles. The van der Waals surface area contributed by atoms with E-state index in [-0.39, 0.29) is 0 Å². The molecule has 0 saturated heterocycles. The highest BCUT2D eigenvalue weighted by Gasteiger charge is 1.86. The van der Waals surface area contributed by atoms with E-state index in [2.05, 4.69) is 28.0 Å². The van der Waals surface area contributed by atoms with Crippen molar-refractivity contribution >= 4 is 17.2 Å². The molecule has 1 aliphatic rings. The Morgan fingerprint density at radius 1 is 1.25 bits per heavy atom. The van der Waals surface area contributed by atoms with Crippen LogP contribution in [0.15, 0.2) is 40.7 Å². The van der Waals surface area contributed by atoms with Crippen LogP contribution in [0.4, 0.5) is 0 Å². The van der Waals surface area contributed by atoms with Gasteiger partial charge in [-0.25, -0.2) is 0 Å². The van der Waals surface area contributed by atoms with E-state index in [1.165, 1.54) is 5.22 Å². The van der Waals surface area contributed by atoms with Crippen LogP contribution in [0.1, 0.15) is 0 Å². The second kappa shape index (κ2) is 3.59. The van der Waals surface area contributed by atoms with E-state index in [9.17, 15) is 0 Å². The third-order valence-corrected chi connectivity index (χ3v) is 2.41. The molecule has 0 aromatic heterocycles. The van der Waals surface area contributed by atoms with Crippen molar-refractivity contribution < 1.29 is 0 Å². The van der Waals surface area contributed by atoms with E-state index >= 15 is 0 Å². The molecule has 0 fully saturated rings. The number of thioether (sulfide) groups is 1. The Balaban J connectivity index is 2.66. The molecule has 1 aliphatic heterocycles. The van der Waals surface area contributed by atoms with Gasteiger partial charge in [-0.3, -0.25) is 4.99 Å². The highest BCUT2D eigenvalue weighted by atomic mass is 32.2. The minimum Gasteiger partial charge on any atom is -0.281 e. The Hall–Kier alpha value is -1.02. The quantitative estimate of drug-likeness (QED) is 0.579. The van der Waals surface area contributed by atoms with Crippen molar-refractivity contribution in [3.63, 3.8) is 0 Å². The van der Waals surface area contributed by atoms with E-state index in [1.54, 1.807) is 11.8 Å². The van der Waals surface area contributed by atoms with Gasteiger partial charge in [0.05, 0.1) is 11.9 Å². The summed E-state index contributed by atoms with van der Waals surface area (Å²) < 4.78 is 0. The second-order valence-electron chi connectivity index (χ2n) is 2.53. The lowest BCUT2D eigenvalue weighted by Crippen LogP contribution is -2.24. The summed E-state index contributed by atoms with van der Waals surface area (Å²) in [7, 11) is 0. The molecule has 0 amide bonds. The average molecular weight is 175 g/mol. The molecule has 2 rings (SSSR count). The van der Waals surface area contributed by atoms with E-state index in [0.29, 0.717) is 0 Å². The zero-order valence-corrected chi connectivity index (χ0v) is 7.42. The van der Waals surface area contributed by atoms with Gasteiger partial charge in [0.1, 0.15) is 0 Å². The summed E-state index contributed by atoms with van der Waals surface area (Å²) in [6, 6.07) is 8.19. The third kappa shape index (κ3) is 1.59. The second-order valence-corrected chi connectivity index (χ2v) is 3.31. The van der Waals surface area contributed by atoms with Crippen LogP contribution in [0.5, 0.6) is 0 Å². The van der Waals surface area contributed by atoms with Gasteiger partial charge in [0, 0.05) is 5.22 Å². The lowest BCUT2D eigenvalue weighted by atomic mass is 10.3. The lowest BCUT2D eigenvalue weighted by Gasteiger charge is -1.92. The van der Waals surface area contributed by atoms with Crippen LogP contribution in [-0.2, 0) is 0 Å². The monoisotopic (exact) mass is 175 g/mol. The van der Waals surface area contributed by atoms with Gasteiger partial charge in [0.15, 0.2) is 0 Å². The molecule has 60 valence electrons. The number of nitrogens with zero attached hydrogens (tertiary/aromatic N) is 1. The molecule has 0 bridgehead atoms. The van der Waals surface area contributed by atoms with E-state index in [0.717, 1.165) is 11.9 Å². The molecule has 0 aliphatic carbocycles. The van der Waals surface area contributed by atoms with Gasteiger partial charge in [-0.15, -0.1) is 11.8 Å². The number of rotatable bonds is 0. The smallest absolute Gasteiger partial charge is 0.0655 e. The van der Waals surface area contributed by atoms with Crippen molar-refractivity contribution in [2.75, 3.05) is 6.54 Å². The van der Waals surface area contributed by atoms with E-state index in [4.69, 9.17) is 0 Å². The molecule has 0 N–H and O–H groups in total. The molecule has 0 atom stereocenters. The summed E-state index contributed by atoms with van der Waals surface area (Å²) in [6.45, 7) is 0.790. The Morgan fingerprint density at radius 2 is 2.17 bits per heavy atom. The van der Waals surface area contributed by atoms with Crippen molar-refractivity contribution in [2.24, 2.45) is 4.99 Å². The fraction of sp³-hybridized carbons (Fsp3) is 0.100. The zero-order chi connectivity index (χ0) is 8.23. The normalized spacial score (nSPS) is 20.5. The summed E-state index contributed by atoms with van der Waals surface area (Å²) in [4.78, 5) is 4.42. The molecule has 0 unspecified atom stereocenters. The van der Waals surface area contributed by atoms with Gasteiger partial charge in [0.2, 0.25) is 0 Å². The molecular formula is C10H9NS. The minimum absolute atomic E-state index is 0.790. The van der Waals surface area contributed by atoms with Gasteiger partial charge in [0.25, 0.3) is 0 Å². The fourth-order valence-electron chi connectivity index (χ4n) is 1.09. The number of hydrogen-bond acceptors (Lipinski definition) is 2. The highest BCUT2D eigenvalue weighted by Crippen LogP contribution is 2.02. The first-order chi connectivity index (χ1) is 5.97. The molecule has 0 radical (unpaired) electrons. The zero-order valence-electron chi connectivity index (χ0n) is 6.60. The third-order valence-electron chi connectivity index (χ3n) is 1.67. The molecule has 1 aromatic carbocycles. The molecule has 1 aromatic rings. The van der Waals surface area contributed by atoms with Crippen LogP contribution in [0.25, 0.3) is 5.41 Å². The standard InChI is InChI=1S/C10H9NS/c1-2-5-10-9(4-1)8-12-7-3-6-11-10/h1-5,7-8H,6H2/b7-3-,9-8-,11-10?. The minimum atomic E-state index is 0.790. The van der Waals surface area contributed by atoms with Crippen LogP contribution in [0.2, 0.25) is 0 Å². The summed E-state index contributed by atoms with van der Waals surface area (Å²) in [5.74, 6) is 0. The van der Waals surface area contributed by atoms with Crippen LogP contribution in [-0.4, -0.2) is 6.54 Å². The van der Waals surface area contributed by atoms with E-state index in [1.807, 2.05) is 18.2 Å². The number of para-hydroxylation sites is 1. The van der Waals surface area contributed by atoms with E-state index < -0.39 is 0 Å². The molecule has 1 nitrogen and oxygen atoms in total. The van der Waals surface area contributed by atoms with Crippen molar-refractivity contribution in [1.29, 1.82) is 0 Å². The number of fused-ring (bicyclic) bond motifs is 1. The fourth-order valence-corrected chi connectivity index (χ4v) is 1.72. The van der Waals surface area contributed by atoms with Gasteiger partial charge >= 0.3 is 0 Å². The van der Waals surface area contributed by atoms with Gasteiger partial charge in [-0.05, 0) is 16.9 Å². The van der Waals surface area contributed by atoms with Gasteiger partial charge in [-0.2, -0.15) is 0 Å². The SMILES string of the molecule is C1=C\S/C=c2/ccccc2=NC/1. The maximum absolute atomic E-state index is 4.42.